The monoisotopic (exact) mass is 341 g/mol. The molecule has 7 nitrogen and oxygen atoms in total. The molecule has 0 saturated carbocycles. The summed E-state index contributed by atoms with van der Waals surface area (Å²) in [6, 6.07) is 13.6. The van der Waals surface area contributed by atoms with Gasteiger partial charge < -0.3 is 10.1 Å². The minimum absolute atomic E-state index is 0.321. The molecule has 130 valence electrons. The molecule has 0 unspecified atom stereocenters. The highest BCUT2D eigenvalue weighted by Gasteiger charge is 2.14. The molecule has 0 aromatic heterocycles. The predicted molar refractivity (Wildman–Crippen MR) is 93.1 cm³/mol. The molecule has 0 atom stereocenters. The number of esters is 1. The Morgan fingerprint density at radius 3 is 2.32 bits per heavy atom. The van der Waals surface area contributed by atoms with Gasteiger partial charge in [0.25, 0.3) is 11.8 Å². The van der Waals surface area contributed by atoms with Crippen LogP contribution >= 0.6 is 0 Å². The number of ether oxygens (including phenoxy) is 1. The van der Waals surface area contributed by atoms with Crippen LogP contribution in [-0.2, 0) is 9.53 Å². The van der Waals surface area contributed by atoms with Crippen LogP contribution in [0.1, 0.15) is 26.3 Å². The number of hydrogen-bond donors (Lipinski definition) is 3. The van der Waals surface area contributed by atoms with E-state index < -0.39 is 24.4 Å². The molecule has 0 fully saturated rings. The van der Waals surface area contributed by atoms with Crippen molar-refractivity contribution in [2.75, 3.05) is 19.0 Å². The standard InChI is InChI=1S/C18H19N3O4/c1-12-7-9-13(10-8-12)17(23)21-20-16(22)11-25-18(24)14-5-3-4-6-15(14)19-2/h3-10,19H,11H2,1-2H3,(H,20,22)(H,21,23). The third-order valence-electron chi connectivity index (χ3n) is 3.38. The van der Waals surface area contributed by atoms with E-state index in [0.29, 0.717) is 16.8 Å². The van der Waals surface area contributed by atoms with Crippen molar-refractivity contribution in [3.8, 4) is 0 Å². The van der Waals surface area contributed by atoms with Gasteiger partial charge in [-0.25, -0.2) is 4.79 Å². The molecule has 25 heavy (non-hydrogen) atoms. The maximum Gasteiger partial charge on any atom is 0.340 e. The highest BCUT2D eigenvalue weighted by molar-refractivity contribution is 5.97. The smallest absolute Gasteiger partial charge is 0.340 e. The van der Waals surface area contributed by atoms with Gasteiger partial charge in [0, 0.05) is 18.3 Å². The van der Waals surface area contributed by atoms with Crippen molar-refractivity contribution in [2.45, 2.75) is 6.92 Å². The molecule has 2 amide bonds. The number of hydrazine groups is 1. The Kier molecular flexibility index (Phi) is 6.11. The highest BCUT2D eigenvalue weighted by atomic mass is 16.5. The van der Waals surface area contributed by atoms with E-state index in [0.717, 1.165) is 5.56 Å². The first-order valence-electron chi connectivity index (χ1n) is 7.61. The molecule has 0 aliphatic rings. The average Bonchev–Trinajstić information content (AvgIpc) is 2.64. The summed E-state index contributed by atoms with van der Waals surface area (Å²) in [5.74, 6) is -1.74. The maximum absolute atomic E-state index is 12.0. The van der Waals surface area contributed by atoms with Crippen LogP contribution in [-0.4, -0.2) is 31.4 Å². The van der Waals surface area contributed by atoms with E-state index in [4.69, 9.17) is 4.74 Å². The third-order valence-corrected chi connectivity index (χ3v) is 3.38. The Morgan fingerprint density at radius 1 is 0.960 bits per heavy atom. The van der Waals surface area contributed by atoms with E-state index in [1.54, 1.807) is 55.6 Å². The van der Waals surface area contributed by atoms with Crippen LogP contribution in [0.3, 0.4) is 0 Å². The first-order chi connectivity index (χ1) is 12.0. The fraction of sp³-hybridized carbons (Fsp3) is 0.167. The number of hydrogen-bond acceptors (Lipinski definition) is 5. The molecule has 2 aromatic carbocycles. The van der Waals surface area contributed by atoms with Crippen LogP contribution in [0, 0.1) is 6.92 Å². The fourth-order valence-corrected chi connectivity index (χ4v) is 2.03. The lowest BCUT2D eigenvalue weighted by molar-refractivity contribution is -0.125. The lowest BCUT2D eigenvalue weighted by Gasteiger charge is -2.10. The van der Waals surface area contributed by atoms with E-state index in [-0.39, 0.29) is 0 Å². The zero-order valence-corrected chi connectivity index (χ0v) is 14.0. The molecular weight excluding hydrogens is 322 g/mol. The summed E-state index contributed by atoms with van der Waals surface area (Å²) in [5.41, 5.74) is 6.81. The van der Waals surface area contributed by atoms with Gasteiger partial charge in [0.2, 0.25) is 0 Å². The molecular formula is C18H19N3O4. The molecule has 0 saturated heterocycles. The number of rotatable bonds is 5. The summed E-state index contributed by atoms with van der Waals surface area (Å²) >= 11 is 0. The SMILES string of the molecule is CNc1ccccc1C(=O)OCC(=O)NNC(=O)c1ccc(C)cc1. The Morgan fingerprint density at radius 2 is 1.64 bits per heavy atom. The van der Waals surface area contributed by atoms with Crippen LogP contribution in [0.15, 0.2) is 48.5 Å². The van der Waals surface area contributed by atoms with Crippen molar-refractivity contribution in [1.29, 1.82) is 0 Å². The predicted octanol–water partition coefficient (Wildman–Crippen LogP) is 1.65. The zero-order chi connectivity index (χ0) is 18.2. The highest BCUT2D eigenvalue weighted by Crippen LogP contribution is 2.15. The first-order valence-corrected chi connectivity index (χ1v) is 7.61. The fourth-order valence-electron chi connectivity index (χ4n) is 2.03. The number of aryl methyl sites for hydroxylation is 1. The van der Waals surface area contributed by atoms with Crippen LogP contribution in [0.25, 0.3) is 0 Å². The van der Waals surface area contributed by atoms with Gasteiger partial charge in [0.15, 0.2) is 6.61 Å². The van der Waals surface area contributed by atoms with Gasteiger partial charge in [-0.05, 0) is 31.2 Å². The molecule has 0 aliphatic heterocycles. The van der Waals surface area contributed by atoms with Crippen LogP contribution in [0.4, 0.5) is 5.69 Å². The maximum atomic E-state index is 12.0. The number of amides is 2. The number of nitrogens with one attached hydrogen (secondary N) is 3. The minimum atomic E-state index is -0.643. The summed E-state index contributed by atoms with van der Waals surface area (Å²) in [6.45, 7) is 1.40. The number of para-hydroxylation sites is 1. The van der Waals surface area contributed by atoms with Crippen molar-refractivity contribution in [3.63, 3.8) is 0 Å². The minimum Gasteiger partial charge on any atom is -0.452 e. The van der Waals surface area contributed by atoms with Gasteiger partial charge >= 0.3 is 5.97 Å². The van der Waals surface area contributed by atoms with E-state index >= 15 is 0 Å². The number of carbonyl (C=O) groups is 3. The van der Waals surface area contributed by atoms with Gasteiger partial charge in [-0.2, -0.15) is 0 Å². The Balaban J connectivity index is 1.81. The summed E-state index contributed by atoms with van der Waals surface area (Å²) in [7, 11) is 1.68. The van der Waals surface area contributed by atoms with Gasteiger partial charge in [0.05, 0.1) is 5.56 Å². The van der Waals surface area contributed by atoms with Crippen molar-refractivity contribution in [3.05, 3.63) is 65.2 Å². The number of carbonyl (C=O) groups excluding carboxylic acids is 3. The van der Waals surface area contributed by atoms with Crippen LogP contribution in [0.2, 0.25) is 0 Å². The molecule has 3 N–H and O–H groups in total. The van der Waals surface area contributed by atoms with Crippen LogP contribution < -0.4 is 16.2 Å². The summed E-state index contributed by atoms with van der Waals surface area (Å²) in [4.78, 5) is 35.6. The van der Waals surface area contributed by atoms with Gasteiger partial charge in [-0.15, -0.1) is 0 Å². The second kappa shape index (κ2) is 8.49. The summed E-state index contributed by atoms with van der Waals surface area (Å²) in [6.07, 6.45) is 0. The van der Waals surface area contributed by atoms with Crippen molar-refractivity contribution >= 4 is 23.5 Å². The second-order valence-corrected chi connectivity index (χ2v) is 5.24. The van der Waals surface area contributed by atoms with E-state index in [1.165, 1.54) is 0 Å². The van der Waals surface area contributed by atoms with Gasteiger partial charge in [-0.1, -0.05) is 29.8 Å². The second-order valence-electron chi connectivity index (χ2n) is 5.24. The molecule has 0 spiro atoms. The quantitative estimate of drug-likeness (QED) is 0.568. The van der Waals surface area contributed by atoms with Gasteiger partial charge in [0.1, 0.15) is 0 Å². The lowest BCUT2D eigenvalue weighted by Crippen LogP contribution is -2.43. The molecule has 0 heterocycles. The zero-order valence-electron chi connectivity index (χ0n) is 14.0. The van der Waals surface area contributed by atoms with Crippen LogP contribution in [0.5, 0.6) is 0 Å². The number of benzene rings is 2. The molecule has 0 radical (unpaired) electrons. The molecule has 0 aliphatic carbocycles. The van der Waals surface area contributed by atoms with E-state index in [1.807, 2.05) is 6.92 Å². The summed E-state index contributed by atoms with van der Waals surface area (Å²) in [5, 5.41) is 2.87. The summed E-state index contributed by atoms with van der Waals surface area (Å²) < 4.78 is 4.94. The number of anilines is 1. The largest absolute Gasteiger partial charge is 0.452 e. The van der Waals surface area contributed by atoms with Crippen molar-refractivity contribution in [1.82, 2.24) is 10.9 Å². The lowest BCUT2D eigenvalue weighted by atomic mass is 10.1. The first kappa shape index (κ1) is 18.0. The topological polar surface area (TPSA) is 96.5 Å². The van der Waals surface area contributed by atoms with Crippen molar-refractivity contribution in [2.24, 2.45) is 0 Å². The Hall–Kier alpha value is -3.35. The van der Waals surface area contributed by atoms with E-state index in [9.17, 15) is 14.4 Å². The van der Waals surface area contributed by atoms with Gasteiger partial charge in [-0.3, -0.25) is 20.4 Å². The Bertz CT molecular complexity index is 772. The third kappa shape index (κ3) is 5.07. The Labute approximate surface area is 145 Å². The molecule has 2 rings (SSSR count). The van der Waals surface area contributed by atoms with E-state index in [2.05, 4.69) is 16.2 Å². The average molecular weight is 341 g/mol. The molecule has 7 heteroatoms. The van der Waals surface area contributed by atoms with Crippen molar-refractivity contribution < 1.29 is 19.1 Å². The normalized spacial score (nSPS) is 9.84. The molecule has 0 bridgehead atoms. The molecule has 2 aromatic rings.